The number of allylic oxidation sites excluding steroid dienone is 4. The first-order valence-electron chi connectivity index (χ1n) is 13.1. The van der Waals surface area contributed by atoms with E-state index in [-0.39, 0.29) is 29.3 Å². The molecule has 11 heteroatoms. The fraction of sp³-hybridized carbons (Fsp3) is 0.345. The van der Waals surface area contributed by atoms with Gasteiger partial charge in [-0.2, -0.15) is 0 Å². The fourth-order valence-corrected chi connectivity index (χ4v) is 5.18. The Morgan fingerprint density at radius 1 is 1.12 bits per heavy atom. The van der Waals surface area contributed by atoms with Crippen LogP contribution in [0.1, 0.15) is 64.4 Å². The van der Waals surface area contributed by atoms with E-state index in [0.29, 0.717) is 60.3 Å². The highest BCUT2D eigenvalue weighted by Crippen LogP contribution is 2.35. The van der Waals surface area contributed by atoms with Gasteiger partial charge in [-0.1, -0.05) is 0 Å². The molecule has 0 bridgehead atoms. The Balaban J connectivity index is 1.75. The molecule has 2 aliphatic heterocycles. The molecule has 0 fully saturated rings. The Labute approximate surface area is 232 Å². The standard InChI is InChI=1S/C29H34FN7O3/c1-18(32-3)14-25(31)34-19(2)13-20(15-35(4)17-39)21-8-10-33-28(22(21)16-38)37-12-9-23-26(29(37)40)27(30)24-7-5-6-11-36(23)24/h8,10,13-17,32H,5-7,9,11-12H2,1-4H3,(H2,31,34)/b18-14-,19-13+,20-15+. The smallest absolute Gasteiger partial charge is 0.264 e. The molecule has 4 rings (SSSR count). The number of anilines is 1. The number of carbonyl (C=O) groups excluding carboxylic acids is 3. The summed E-state index contributed by atoms with van der Waals surface area (Å²) in [6.07, 6.45) is 10.4. The normalized spacial score (nSPS) is 15.8. The molecule has 0 saturated carbocycles. The lowest BCUT2D eigenvalue weighted by molar-refractivity contribution is -0.114. The van der Waals surface area contributed by atoms with Gasteiger partial charge in [-0.05, 0) is 56.9 Å². The lowest BCUT2D eigenvalue weighted by Gasteiger charge is -2.29. The van der Waals surface area contributed by atoms with Gasteiger partial charge in [-0.25, -0.2) is 9.37 Å². The average molecular weight is 548 g/mol. The first kappa shape index (κ1) is 28.5. The van der Waals surface area contributed by atoms with Gasteiger partial charge in [0.15, 0.2) is 12.1 Å². The maximum absolute atomic E-state index is 15.4. The number of nitrogens with zero attached hydrogens (tertiary/aromatic N) is 4. The van der Waals surface area contributed by atoms with E-state index < -0.39 is 11.7 Å². The quantitative estimate of drug-likeness (QED) is 0.191. The maximum Gasteiger partial charge on any atom is 0.264 e. The number of halogens is 1. The van der Waals surface area contributed by atoms with Crippen molar-refractivity contribution in [2.75, 3.05) is 25.5 Å². The summed E-state index contributed by atoms with van der Waals surface area (Å²) in [4.78, 5) is 44.6. The number of aromatic nitrogens is 2. The minimum Gasteiger partial charge on any atom is -0.392 e. The number of fused-ring (bicyclic) bond motifs is 3. The number of amidine groups is 1. The predicted molar refractivity (Wildman–Crippen MR) is 152 cm³/mol. The van der Waals surface area contributed by atoms with Crippen LogP contribution in [0.2, 0.25) is 0 Å². The summed E-state index contributed by atoms with van der Waals surface area (Å²) in [5, 5.41) is 14.1. The molecule has 2 aliphatic rings. The van der Waals surface area contributed by atoms with E-state index in [1.807, 2.05) is 11.5 Å². The van der Waals surface area contributed by atoms with Crippen LogP contribution in [-0.4, -0.2) is 59.5 Å². The van der Waals surface area contributed by atoms with Crippen molar-refractivity contribution in [3.05, 3.63) is 75.9 Å². The number of nitrogens with one attached hydrogen (secondary N) is 3. The van der Waals surface area contributed by atoms with Crippen LogP contribution in [0.3, 0.4) is 0 Å². The third-order valence-corrected chi connectivity index (χ3v) is 7.11. The Bertz CT molecular complexity index is 1450. The van der Waals surface area contributed by atoms with Crippen LogP contribution in [0.15, 0.2) is 42.0 Å². The van der Waals surface area contributed by atoms with Gasteiger partial charge in [0.2, 0.25) is 6.41 Å². The zero-order valence-electron chi connectivity index (χ0n) is 23.2. The second-order valence-electron chi connectivity index (χ2n) is 9.91. The van der Waals surface area contributed by atoms with Gasteiger partial charge in [0.25, 0.3) is 5.91 Å². The molecule has 4 heterocycles. The summed E-state index contributed by atoms with van der Waals surface area (Å²) >= 11 is 0. The number of amides is 2. The van der Waals surface area contributed by atoms with E-state index >= 15 is 4.39 Å². The molecule has 0 saturated heterocycles. The third-order valence-electron chi connectivity index (χ3n) is 7.11. The van der Waals surface area contributed by atoms with Gasteiger partial charge in [0.1, 0.15) is 11.7 Å². The molecular weight excluding hydrogens is 513 g/mol. The number of pyridine rings is 1. The topological polar surface area (TPSA) is 123 Å². The van der Waals surface area contributed by atoms with Crippen LogP contribution in [-0.2, 0) is 24.2 Å². The summed E-state index contributed by atoms with van der Waals surface area (Å²) in [6.45, 7) is 4.53. The Morgan fingerprint density at radius 3 is 2.60 bits per heavy atom. The van der Waals surface area contributed by atoms with Gasteiger partial charge in [0.05, 0.1) is 16.8 Å². The van der Waals surface area contributed by atoms with E-state index in [4.69, 9.17) is 5.41 Å². The molecule has 210 valence electrons. The van der Waals surface area contributed by atoms with Crippen LogP contribution < -0.4 is 15.5 Å². The Kier molecular flexibility index (Phi) is 8.61. The zero-order chi connectivity index (χ0) is 29.0. The Morgan fingerprint density at radius 2 is 1.90 bits per heavy atom. The highest BCUT2D eigenvalue weighted by Gasteiger charge is 2.36. The molecular formula is C29H34FN7O3. The van der Waals surface area contributed by atoms with Crippen LogP contribution in [0.5, 0.6) is 0 Å². The lowest BCUT2D eigenvalue weighted by atomic mass is 9.99. The van der Waals surface area contributed by atoms with Crippen LogP contribution >= 0.6 is 0 Å². The molecule has 10 nitrogen and oxygen atoms in total. The summed E-state index contributed by atoms with van der Waals surface area (Å²) in [6, 6.07) is 1.62. The lowest BCUT2D eigenvalue weighted by Crippen LogP contribution is -2.39. The third kappa shape index (κ3) is 5.58. The zero-order valence-corrected chi connectivity index (χ0v) is 23.2. The van der Waals surface area contributed by atoms with Crippen molar-refractivity contribution < 1.29 is 18.8 Å². The summed E-state index contributed by atoms with van der Waals surface area (Å²) in [5.74, 6) is -0.721. The second-order valence-corrected chi connectivity index (χ2v) is 9.91. The maximum atomic E-state index is 15.4. The van der Waals surface area contributed by atoms with E-state index in [2.05, 4.69) is 15.6 Å². The van der Waals surface area contributed by atoms with Crippen molar-refractivity contribution >= 4 is 35.8 Å². The van der Waals surface area contributed by atoms with Crippen molar-refractivity contribution in [2.24, 2.45) is 0 Å². The van der Waals surface area contributed by atoms with E-state index in [1.54, 1.807) is 45.4 Å². The summed E-state index contributed by atoms with van der Waals surface area (Å²) in [7, 11) is 3.31. The average Bonchev–Trinajstić information content (AvgIpc) is 3.24. The molecule has 0 radical (unpaired) electrons. The van der Waals surface area contributed by atoms with Gasteiger partial charge >= 0.3 is 0 Å². The van der Waals surface area contributed by atoms with Crippen molar-refractivity contribution in [1.29, 1.82) is 5.41 Å². The number of aldehydes is 1. The predicted octanol–water partition coefficient (Wildman–Crippen LogP) is 3.40. The first-order chi connectivity index (χ1) is 19.2. The molecule has 0 atom stereocenters. The first-order valence-corrected chi connectivity index (χ1v) is 13.1. The molecule has 0 spiro atoms. The largest absolute Gasteiger partial charge is 0.392 e. The van der Waals surface area contributed by atoms with Crippen LogP contribution in [0.4, 0.5) is 10.2 Å². The van der Waals surface area contributed by atoms with Gasteiger partial charge in [0, 0.05) is 68.7 Å². The molecule has 2 aromatic heterocycles. The SMILES string of the molecule is CN/C(C)=C\C(=N)N/C(C)=C/C(=C\N(C)C=O)c1ccnc(N2CCc3c(c(F)c4n3CCCC4)C2=O)c1C=O. The van der Waals surface area contributed by atoms with E-state index in [1.165, 1.54) is 16.0 Å². The highest BCUT2D eigenvalue weighted by molar-refractivity contribution is 6.10. The molecule has 0 aliphatic carbocycles. The monoisotopic (exact) mass is 547 g/mol. The molecule has 3 N–H and O–H groups in total. The molecule has 2 amide bonds. The van der Waals surface area contributed by atoms with Crippen molar-refractivity contribution in [3.8, 4) is 0 Å². The van der Waals surface area contributed by atoms with Crippen molar-refractivity contribution in [2.45, 2.75) is 46.1 Å². The molecule has 0 unspecified atom stereocenters. The number of carbonyl (C=O) groups is 3. The van der Waals surface area contributed by atoms with Crippen molar-refractivity contribution in [1.82, 2.24) is 25.1 Å². The molecule has 40 heavy (non-hydrogen) atoms. The van der Waals surface area contributed by atoms with E-state index in [0.717, 1.165) is 18.5 Å². The minimum atomic E-state index is -0.516. The summed E-state index contributed by atoms with van der Waals surface area (Å²) in [5.41, 5.74) is 3.75. The molecule has 2 aromatic rings. The second kappa shape index (κ2) is 12.1. The van der Waals surface area contributed by atoms with Crippen LogP contribution in [0.25, 0.3) is 5.57 Å². The Hall–Kier alpha value is -4.54. The van der Waals surface area contributed by atoms with E-state index in [9.17, 15) is 14.4 Å². The minimum absolute atomic E-state index is 0.0621. The summed E-state index contributed by atoms with van der Waals surface area (Å²) < 4.78 is 17.4. The van der Waals surface area contributed by atoms with Crippen LogP contribution in [0, 0.1) is 11.2 Å². The number of hydrogen-bond acceptors (Lipinski definition) is 6. The van der Waals surface area contributed by atoms with Gasteiger partial charge in [-0.3, -0.25) is 24.7 Å². The van der Waals surface area contributed by atoms with Gasteiger partial charge in [-0.15, -0.1) is 0 Å². The number of hydrogen-bond donors (Lipinski definition) is 3. The number of rotatable bonds is 9. The fourth-order valence-electron chi connectivity index (χ4n) is 5.18. The highest BCUT2D eigenvalue weighted by atomic mass is 19.1. The van der Waals surface area contributed by atoms with Gasteiger partial charge < -0.3 is 20.1 Å². The molecule has 0 aromatic carbocycles. The van der Waals surface area contributed by atoms with Crippen molar-refractivity contribution in [3.63, 3.8) is 0 Å².